The Kier molecular flexibility index (Phi) is 2.34. The van der Waals surface area contributed by atoms with Gasteiger partial charge in [0.15, 0.2) is 0 Å². The van der Waals surface area contributed by atoms with Crippen LogP contribution in [0.1, 0.15) is 20.3 Å². The molecule has 0 heterocycles. The molecule has 0 aromatic heterocycles. The summed E-state index contributed by atoms with van der Waals surface area (Å²) < 4.78 is 0. The zero-order valence-corrected chi connectivity index (χ0v) is 4.28. The third-order valence-corrected chi connectivity index (χ3v) is 0.816. The van der Waals surface area contributed by atoms with Crippen molar-refractivity contribution in [3.05, 3.63) is 0 Å². The van der Waals surface area contributed by atoms with Gasteiger partial charge in [0.2, 0.25) is 0 Å². The lowest BCUT2D eigenvalue weighted by Crippen LogP contribution is -1.76. The van der Waals surface area contributed by atoms with Crippen LogP contribution in [-0.4, -0.2) is 7.85 Å². The first-order chi connectivity index (χ1) is 2.27. The fourth-order valence-corrected chi connectivity index (χ4v) is 0. The van der Waals surface area contributed by atoms with Crippen LogP contribution in [-0.2, 0) is 0 Å². The second-order valence-corrected chi connectivity index (χ2v) is 1.80. The molecular formula is C4H11B. The van der Waals surface area contributed by atoms with E-state index in [0.29, 0.717) is 0 Å². The van der Waals surface area contributed by atoms with Gasteiger partial charge in [0.1, 0.15) is 7.85 Å². The number of rotatable bonds is 1. The van der Waals surface area contributed by atoms with Crippen LogP contribution >= 0.6 is 0 Å². The van der Waals surface area contributed by atoms with E-state index in [1.54, 1.807) is 0 Å². The molecule has 0 aromatic rings. The lowest BCUT2D eigenvalue weighted by Gasteiger charge is -1.90. The van der Waals surface area contributed by atoms with Crippen LogP contribution in [0, 0.1) is 0 Å². The summed E-state index contributed by atoms with van der Waals surface area (Å²) in [5.41, 5.74) is 0. The van der Waals surface area contributed by atoms with Gasteiger partial charge in [0.05, 0.1) is 0 Å². The summed E-state index contributed by atoms with van der Waals surface area (Å²) in [5, 5.41) is 0. The predicted molar refractivity (Wildman–Crippen MR) is 28.3 cm³/mol. The van der Waals surface area contributed by atoms with Crippen molar-refractivity contribution in [2.24, 2.45) is 0 Å². The summed E-state index contributed by atoms with van der Waals surface area (Å²) in [6.07, 6.45) is 1.31. The van der Waals surface area contributed by atoms with Crippen molar-refractivity contribution in [1.29, 1.82) is 0 Å². The zero-order valence-electron chi connectivity index (χ0n) is 4.28. The largest absolute Gasteiger partial charge is 0.105 e. The Balaban J connectivity index is 2.54. The maximum Gasteiger partial charge on any atom is 0.105 e. The van der Waals surface area contributed by atoms with Gasteiger partial charge in [-0.05, 0) is 0 Å². The molecular weight excluding hydrogens is 58.9 g/mol. The molecule has 0 N–H and O–H groups in total. The molecule has 5 heavy (non-hydrogen) atoms. The highest BCUT2D eigenvalue weighted by Crippen LogP contribution is 1.97. The van der Waals surface area contributed by atoms with Crippen molar-refractivity contribution in [1.82, 2.24) is 0 Å². The lowest BCUT2D eigenvalue weighted by molar-refractivity contribution is 0.880. The van der Waals surface area contributed by atoms with Gasteiger partial charge in [-0.25, -0.2) is 0 Å². The highest BCUT2D eigenvalue weighted by molar-refractivity contribution is 6.11. The highest BCUT2D eigenvalue weighted by atomic mass is 13.8. The van der Waals surface area contributed by atoms with Crippen LogP contribution in [0.15, 0.2) is 0 Å². The van der Waals surface area contributed by atoms with Crippen molar-refractivity contribution in [3.63, 3.8) is 0 Å². The highest BCUT2D eigenvalue weighted by Gasteiger charge is 1.80. The molecule has 1 heteroatoms. The topological polar surface area (TPSA) is 0 Å². The predicted octanol–water partition coefficient (Wildman–Crippen LogP) is 0.838. The minimum atomic E-state index is 0.884. The molecule has 1 unspecified atom stereocenters. The summed E-state index contributed by atoms with van der Waals surface area (Å²) in [7, 11) is 2.22. The van der Waals surface area contributed by atoms with Crippen molar-refractivity contribution < 1.29 is 0 Å². The van der Waals surface area contributed by atoms with E-state index in [1.165, 1.54) is 6.42 Å². The maximum atomic E-state index is 2.22. The van der Waals surface area contributed by atoms with Crippen molar-refractivity contribution >= 4 is 7.85 Å². The van der Waals surface area contributed by atoms with Gasteiger partial charge in [0.25, 0.3) is 0 Å². The fourth-order valence-electron chi connectivity index (χ4n) is 0. The average molecular weight is 69.9 g/mol. The monoisotopic (exact) mass is 70.1 g/mol. The third-order valence-electron chi connectivity index (χ3n) is 0.816. The third kappa shape index (κ3) is 4.06. The van der Waals surface area contributed by atoms with E-state index in [9.17, 15) is 0 Å². The molecule has 0 aliphatic rings. The Labute approximate surface area is 35.0 Å². The SMILES string of the molecule is BC(C)CC. The van der Waals surface area contributed by atoms with E-state index in [4.69, 9.17) is 0 Å². The van der Waals surface area contributed by atoms with Gasteiger partial charge in [-0.1, -0.05) is 26.1 Å². The first-order valence-corrected chi connectivity index (χ1v) is 2.27. The molecule has 0 radical (unpaired) electrons. The average Bonchev–Trinajstić information content (AvgIpc) is 1.38. The van der Waals surface area contributed by atoms with E-state index in [-0.39, 0.29) is 0 Å². The smallest absolute Gasteiger partial charge is 0.0728 e. The summed E-state index contributed by atoms with van der Waals surface area (Å²) in [6.45, 7) is 4.42. The van der Waals surface area contributed by atoms with Gasteiger partial charge in [-0.2, -0.15) is 0 Å². The Morgan fingerprint density at radius 3 is 2.00 bits per heavy atom. The van der Waals surface area contributed by atoms with Crippen LogP contribution in [0.4, 0.5) is 0 Å². The van der Waals surface area contributed by atoms with E-state index in [2.05, 4.69) is 21.7 Å². The molecule has 0 aliphatic heterocycles. The molecule has 0 aliphatic carbocycles. The second-order valence-electron chi connectivity index (χ2n) is 1.80. The minimum Gasteiger partial charge on any atom is -0.0728 e. The van der Waals surface area contributed by atoms with Crippen molar-refractivity contribution in [3.8, 4) is 0 Å². The maximum absolute atomic E-state index is 2.22. The van der Waals surface area contributed by atoms with E-state index in [1.807, 2.05) is 0 Å². The Morgan fingerprint density at radius 1 is 1.80 bits per heavy atom. The van der Waals surface area contributed by atoms with Gasteiger partial charge in [-0.3, -0.25) is 0 Å². The zero-order chi connectivity index (χ0) is 4.28. The normalized spacial score (nSPS) is 14.8. The van der Waals surface area contributed by atoms with Crippen LogP contribution in [0.2, 0.25) is 5.82 Å². The van der Waals surface area contributed by atoms with Gasteiger partial charge >= 0.3 is 0 Å². The number of hydrogen-bond acceptors (Lipinski definition) is 0. The van der Waals surface area contributed by atoms with E-state index < -0.39 is 0 Å². The quantitative estimate of drug-likeness (QED) is 0.401. The minimum absolute atomic E-state index is 0.884. The van der Waals surface area contributed by atoms with Gasteiger partial charge in [0, 0.05) is 0 Å². The molecule has 0 rings (SSSR count). The first kappa shape index (κ1) is 5.06. The van der Waals surface area contributed by atoms with E-state index in [0.717, 1.165) is 5.82 Å². The van der Waals surface area contributed by atoms with Gasteiger partial charge < -0.3 is 0 Å². The summed E-state index contributed by atoms with van der Waals surface area (Å²) in [4.78, 5) is 0. The fraction of sp³-hybridized carbons (Fsp3) is 1.00. The van der Waals surface area contributed by atoms with Crippen molar-refractivity contribution in [2.45, 2.75) is 26.1 Å². The first-order valence-electron chi connectivity index (χ1n) is 2.27. The molecule has 0 saturated carbocycles. The van der Waals surface area contributed by atoms with Gasteiger partial charge in [-0.15, -0.1) is 0 Å². The Morgan fingerprint density at radius 2 is 2.00 bits per heavy atom. The van der Waals surface area contributed by atoms with Crippen LogP contribution in [0.5, 0.6) is 0 Å². The molecule has 30 valence electrons. The molecule has 1 atom stereocenters. The summed E-state index contributed by atoms with van der Waals surface area (Å²) >= 11 is 0. The molecule has 0 saturated heterocycles. The van der Waals surface area contributed by atoms with Crippen LogP contribution in [0.3, 0.4) is 0 Å². The second kappa shape index (κ2) is 2.31. The van der Waals surface area contributed by atoms with Crippen LogP contribution < -0.4 is 0 Å². The lowest BCUT2D eigenvalue weighted by atomic mass is 9.88. The molecule has 0 spiro atoms. The van der Waals surface area contributed by atoms with E-state index >= 15 is 0 Å². The standard InChI is InChI=1S/C4H11B/c1-3-4(2)5/h4H,3,5H2,1-2H3. The van der Waals surface area contributed by atoms with Crippen LogP contribution in [0.25, 0.3) is 0 Å². The Hall–Kier alpha value is 0.0649. The summed E-state index contributed by atoms with van der Waals surface area (Å²) in [5.74, 6) is 0.884. The molecule has 0 bridgehead atoms. The molecule has 0 aromatic carbocycles. The molecule has 0 amide bonds. The molecule has 0 fully saturated rings. The Bertz CT molecular complexity index is 17.6. The summed E-state index contributed by atoms with van der Waals surface area (Å²) in [6, 6.07) is 0. The number of hydrogen-bond donors (Lipinski definition) is 0. The molecule has 0 nitrogen and oxygen atoms in total. The van der Waals surface area contributed by atoms with Crippen molar-refractivity contribution in [2.75, 3.05) is 0 Å².